The number of hydrogen-bond donors (Lipinski definition) is 1. The summed E-state index contributed by atoms with van der Waals surface area (Å²) in [6.07, 6.45) is -3.22. The van der Waals surface area contributed by atoms with Crippen molar-refractivity contribution < 1.29 is 22.7 Å². The Morgan fingerprint density at radius 1 is 1.47 bits per heavy atom. The summed E-state index contributed by atoms with van der Waals surface area (Å²) in [6.45, 7) is 1.10. The second kappa shape index (κ2) is 4.00. The molecule has 1 heterocycles. The normalized spacial score (nSPS) is 29.9. The minimum absolute atomic E-state index is 0.0447. The molecule has 0 aromatic rings. The molecule has 3 nitrogen and oxygen atoms in total. The standard InChI is InChI=1S/C9H14F3NO2/c1-6(9(10,11)12)8(7(13)14)4-2-3-5-15-8/h6H,2-5H2,1H3,(H2,13,14)/t6-,8?/m0/s1. The fraction of sp³-hybridized carbons (Fsp3) is 0.889. The zero-order chi connectivity index (χ0) is 11.7. The number of hydrogen-bond acceptors (Lipinski definition) is 2. The predicted octanol–water partition coefficient (Wildman–Crippen LogP) is 1.61. The van der Waals surface area contributed by atoms with E-state index in [1.54, 1.807) is 0 Å². The molecular weight excluding hydrogens is 211 g/mol. The first-order valence-electron chi connectivity index (χ1n) is 4.81. The topological polar surface area (TPSA) is 52.3 Å². The van der Waals surface area contributed by atoms with E-state index in [9.17, 15) is 18.0 Å². The molecule has 0 radical (unpaired) electrons. The molecule has 0 saturated carbocycles. The number of nitrogens with two attached hydrogens (primary N) is 1. The summed E-state index contributed by atoms with van der Waals surface area (Å²) < 4.78 is 42.7. The van der Waals surface area contributed by atoms with Crippen LogP contribution in [0.1, 0.15) is 26.2 Å². The molecule has 1 aliphatic heterocycles. The molecule has 0 aliphatic carbocycles. The summed E-state index contributed by atoms with van der Waals surface area (Å²) in [5.74, 6) is -2.88. The number of ether oxygens (including phenoxy) is 1. The van der Waals surface area contributed by atoms with Crippen molar-refractivity contribution in [3.05, 3.63) is 0 Å². The highest BCUT2D eigenvalue weighted by atomic mass is 19.4. The van der Waals surface area contributed by atoms with Crippen molar-refractivity contribution >= 4 is 5.91 Å². The van der Waals surface area contributed by atoms with Crippen LogP contribution in [-0.4, -0.2) is 24.3 Å². The van der Waals surface area contributed by atoms with Gasteiger partial charge < -0.3 is 10.5 Å². The maximum Gasteiger partial charge on any atom is 0.394 e. The number of amides is 1. The highest BCUT2D eigenvalue weighted by molar-refractivity contribution is 5.84. The third kappa shape index (κ3) is 2.25. The summed E-state index contributed by atoms with van der Waals surface area (Å²) in [5, 5.41) is 0. The number of rotatable bonds is 2. The van der Waals surface area contributed by atoms with Crippen molar-refractivity contribution in [1.29, 1.82) is 0 Å². The maximum atomic E-state index is 12.6. The van der Waals surface area contributed by atoms with E-state index in [1.165, 1.54) is 0 Å². The summed E-state index contributed by atoms with van der Waals surface area (Å²) in [6, 6.07) is 0. The summed E-state index contributed by atoms with van der Waals surface area (Å²) in [7, 11) is 0. The maximum absolute atomic E-state index is 12.6. The first-order valence-corrected chi connectivity index (χ1v) is 4.81. The van der Waals surface area contributed by atoms with Crippen molar-refractivity contribution in [2.75, 3.05) is 6.61 Å². The fourth-order valence-electron chi connectivity index (χ4n) is 1.83. The van der Waals surface area contributed by atoms with Gasteiger partial charge >= 0.3 is 6.18 Å². The monoisotopic (exact) mass is 225 g/mol. The second-order valence-electron chi connectivity index (χ2n) is 3.82. The molecule has 2 atom stereocenters. The smallest absolute Gasteiger partial charge is 0.367 e. The van der Waals surface area contributed by atoms with Gasteiger partial charge in [0.05, 0.1) is 5.92 Å². The van der Waals surface area contributed by atoms with Crippen LogP contribution >= 0.6 is 0 Å². The number of primary amides is 1. The van der Waals surface area contributed by atoms with E-state index < -0.39 is 23.6 Å². The molecule has 1 rings (SSSR count). The molecular formula is C9H14F3NO2. The Balaban J connectivity index is 2.95. The zero-order valence-corrected chi connectivity index (χ0v) is 8.43. The van der Waals surface area contributed by atoms with E-state index >= 15 is 0 Å². The van der Waals surface area contributed by atoms with Crippen LogP contribution in [0, 0.1) is 5.92 Å². The van der Waals surface area contributed by atoms with Crippen LogP contribution in [0.15, 0.2) is 0 Å². The van der Waals surface area contributed by atoms with Crippen LogP contribution in [0.25, 0.3) is 0 Å². The second-order valence-corrected chi connectivity index (χ2v) is 3.82. The Morgan fingerprint density at radius 2 is 2.07 bits per heavy atom. The average Bonchev–Trinajstić information content (AvgIpc) is 2.16. The molecule has 15 heavy (non-hydrogen) atoms. The van der Waals surface area contributed by atoms with Crippen molar-refractivity contribution in [2.24, 2.45) is 11.7 Å². The van der Waals surface area contributed by atoms with E-state index in [1.807, 2.05) is 0 Å². The molecule has 88 valence electrons. The van der Waals surface area contributed by atoms with E-state index in [-0.39, 0.29) is 13.0 Å². The molecule has 1 fully saturated rings. The number of alkyl halides is 3. The molecule has 0 spiro atoms. The molecule has 6 heteroatoms. The van der Waals surface area contributed by atoms with Crippen LogP contribution in [0.3, 0.4) is 0 Å². The fourth-order valence-corrected chi connectivity index (χ4v) is 1.83. The van der Waals surface area contributed by atoms with Crippen LogP contribution in [-0.2, 0) is 9.53 Å². The number of carbonyl (C=O) groups is 1. The molecule has 1 amide bonds. The molecule has 0 aromatic heterocycles. The third-order valence-corrected chi connectivity index (χ3v) is 2.91. The van der Waals surface area contributed by atoms with Crippen LogP contribution < -0.4 is 5.73 Å². The first-order chi connectivity index (χ1) is 6.81. The van der Waals surface area contributed by atoms with Gasteiger partial charge in [-0.1, -0.05) is 6.92 Å². The number of halogens is 3. The highest BCUT2D eigenvalue weighted by Crippen LogP contribution is 2.41. The summed E-state index contributed by atoms with van der Waals surface area (Å²) in [5.41, 5.74) is 3.17. The van der Waals surface area contributed by atoms with Crippen molar-refractivity contribution in [2.45, 2.75) is 38.0 Å². The van der Waals surface area contributed by atoms with Gasteiger partial charge in [0.1, 0.15) is 0 Å². The minimum atomic E-state index is -4.47. The third-order valence-electron chi connectivity index (χ3n) is 2.91. The Labute approximate surface area is 85.8 Å². The van der Waals surface area contributed by atoms with Gasteiger partial charge in [-0.25, -0.2) is 0 Å². The van der Waals surface area contributed by atoms with E-state index in [4.69, 9.17) is 10.5 Å². The Morgan fingerprint density at radius 3 is 2.40 bits per heavy atom. The zero-order valence-electron chi connectivity index (χ0n) is 8.43. The lowest BCUT2D eigenvalue weighted by Gasteiger charge is -2.39. The summed E-state index contributed by atoms with van der Waals surface area (Å²) in [4.78, 5) is 11.2. The van der Waals surface area contributed by atoms with Crippen molar-refractivity contribution in [1.82, 2.24) is 0 Å². The molecule has 0 aromatic carbocycles. The van der Waals surface area contributed by atoms with E-state index in [2.05, 4.69) is 0 Å². The van der Waals surface area contributed by atoms with Gasteiger partial charge in [-0.05, 0) is 19.3 Å². The quantitative estimate of drug-likeness (QED) is 0.776. The van der Waals surface area contributed by atoms with Gasteiger partial charge in [-0.2, -0.15) is 13.2 Å². The lowest BCUT2D eigenvalue weighted by atomic mass is 9.81. The van der Waals surface area contributed by atoms with Crippen LogP contribution in [0.5, 0.6) is 0 Å². The van der Waals surface area contributed by atoms with E-state index in [0.717, 1.165) is 6.92 Å². The predicted molar refractivity (Wildman–Crippen MR) is 46.9 cm³/mol. The number of carbonyl (C=O) groups excluding carboxylic acids is 1. The van der Waals surface area contributed by atoms with Gasteiger partial charge in [0, 0.05) is 6.61 Å². The van der Waals surface area contributed by atoms with E-state index in [0.29, 0.717) is 12.8 Å². The summed E-state index contributed by atoms with van der Waals surface area (Å²) >= 11 is 0. The van der Waals surface area contributed by atoms with Crippen LogP contribution in [0.2, 0.25) is 0 Å². The Hall–Kier alpha value is -0.780. The van der Waals surface area contributed by atoms with Gasteiger partial charge in [0.2, 0.25) is 5.91 Å². The molecule has 2 N–H and O–H groups in total. The lowest BCUT2D eigenvalue weighted by Crippen LogP contribution is -2.57. The lowest BCUT2D eigenvalue weighted by molar-refractivity contribution is -0.237. The minimum Gasteiger partial charge on any atom is -0.367 e. The largest absolute Gasteiger partial charge is 0.394 e. The van der Waals surface area contributed by atoms with Crippen molar-refractivity contribution in [3.8, 4) is 0 Å². The molecule has 1 saturated heterocycles. The molecule has 0 bridgehead atoms. The molecule has 1 aliphatic rings. The van der Waals surface area contributed by atoms with Gasteiger partial charge in [0.15, 0.2) is 5.60 Å². The highest BCUT2D eigenvalue weighted by Gasteiger charge is 2.55. The van der Waals surface area contributed by atoms with Crippen LogP contribution in [0.4, 0.5) is 13.2 Å². The average molecular weight is 225 g/mol. The Kier molecular flexibility index (Phi) is 3.28. The van der Waals surface area contributed by atoms with Gasteiger partial charge in [-0.15, -0.1) is 0 Å². The Bertz CT molecular complexity index is 246. The van der Waals surface area contributed by atoms with Gasteiger partial charge in [-0.3, -0.25) is 4.79 Å². The first kappa shape index (κ1) is 12.3. The SMILES string of the molecule is C[C@H](C(F)(F)F)C1(C(N)=O)CCCCO1. The molecule has 1 unspecified atom stereocenters. The van der Waals surface area contributed by atoms with Gasteiger partial charge in [0.25, 0.3) is 0 Å². The van der Waals surface area contributed by atoms with Crippen molar-refractivity contribution in [3.63, 3.8) is 0 Å².